The van der Waals surface area contributed by atoms with Crippen LogP contribution in [-0.2, 0) is 4.79 Å². The van der Waals surface area contributed by atoms with E-state index in [1.165, 1.54) is 4.90 Å². The number of hydrogen-bond acceptors (Lipinski definition) is 4. The van der Waals surface area contributed by atoms with Crippen molar-refractivity contribution < 1.29 is 4.79 Å². The molecule has 3 aromatic rings. The van der Waals surface area contributed by atoms with Crippen molar-refractivity contribution in [2.24, 2.45) is 0 Å². The molecule has 0 aliphatic carbocycles. The first kappa shape index (κ1) is 15.6. The van der Waals surface area contributed by atoms with Gasteiger partial charge in [0.1, 0.15) is 0 Å². The van der Waals surface area contributed by atoms with Crippen molar-refractivity contribution in [1.82, 2.24) is 19.9 Å². The average molecular weight is 326 g/mol. The van der Waals surface area contributed by atoms with E-state index in [9.17, 15) is 4.79 Å². The van der Waals surface area contributed by atoms with Crippen molar-refractivity contribution in [1.29, 1.82) is 0 Å². The molecule has 5 nitrogen and oxygen atoms in total. The summed E-state index contributed by atoms with van der Waals surface area (Å²) in [5.41, 5.74) is 0.781. The summed E-state index contributed by atoms with van der Waals surface area (Å²) in [6, 6.07) is 15.6. The fourth-order valence-electron chi connectivity index (χ4n) is 2.31. The number of pyridine rings is 1. The van der Waals surface area contributed by atoms with Gasteiger partial charge in [-0.3, -0.25) is 9.20 Å². The van der Waals surface area contributed by atoms with Crippen molar-refractivity contribution >= 4 is 23.3 Å². The fourth-order valence-corrected chi connectivity index (χ4v) is 3.18. The second-order valence-electron chi connectivity index (χ2n) is 5.19. The van der Waals surface area contributed by atoms with Crippen LogP contribution in [0.15, 0.2) is 59.6 Å². The predicted molar refractivity (Wildman–Crippen MR) is 91.3 cm³/mol. The Morgan fingerprint density at radius 3 is 2.78 bits per heavy atom. The smallest absolute Gasteiger partial charge is 0.221 e. The maximum atomic E-state index is 12.1. The Bertz CT molecular complexity index is 787. The Kier molecular flexibility index (Phi) is 4.92. The van der Waals surface area contributed by atoms with E-state index in [0.717, 1.165) is 17.2 Å². The summed E-state index contributed by atoms with van der Waals surface area (Å²) < 4.78 is 1.89. The number of thioether (sulfide) groups is 1. The highest BCUT2D eigenvalue weighted by molar-refractivity contribution is 7.99. The Labute approximate surface area is 139 Å². The standard InChI is InChI=1S/C17H18N4OS/c1-13(17-20-19-15-9-5-6-11-21(15)17)18-16(22)10-12-23-14-7-3-2-4-8-14/h2-9,11,13H,10,12H2,1H3,(H,18,22). The number of nitrogens with one attached hydrogen (secondary N) is 1. The molecule has 6 heteroatoms. The summed E-state index contributed by atoms with van der Waals surface area (Å²) in [7, 11) is 0. The van der Waals surface area contributed by atoms with Gasteiger partial charge in [0.2, 0.25) is 5.91 Å². The zero-order valence-corrected chi connectivity index (χ0v) is 13.7. The largest absolute Gasteiger partial charge is 0.346 e. The van der Waals surface area contributed by atoms with Crippen molar-refractivity contribution in [3.63, 3.8) is 0 Å². The number of fused-ring (bicyclic) bond motifs is 1. The molecule has 3 rings (SSSR count). The first-order valence-corrected chi connectivity index (χ1v) is 8.49. The lowest BCUT2D eigenvalue weighted by atomic mass is 10.3. The van der Waals surface area contributed by atoms with E-state index in [-0.39, 0.29) is 11.9 Å². The molecular formula is C17H18N4OS. The van der Waals surface area contributed by atoms with Crippen molar-refractivity contribution in [2.75, 3.05) is 5.75 Å². The molecule has 0 aliphatic rings. The first-order valence-electron chi connectivity index (χ1n) is 7.51. The van der Waals surface area contributed by atoms with Crippen LogP contribution >= 0.6 is 11.8 Å². The lowest BCUT2D eigenvalue weighted by molar-refractivity contribution is -0.121. The average Bonchev–Trinajstić information content (AvgIpc) is 3.00. The first-order chi connectivity index (χ1) is 11.2. The molecule has 1 unspecified atom stereocenters. The number of amides is 1. The third kappa shape index (κ3) is 3.90. The van der Waals surface area contributed by atoms with Crippen LogP contribution in [0.5, 0.6) is 0 Å². The van der Waals surface area contributed by atoms with Crippen molar-refractivity contribution in [3.05, 3.63) is 60.6 Å². The van der Waals surface area contributed by atoms with E-state index in [2.05, 4.69) is 15.5 Å². The minimum absolute atomic E-state index is 0.0219. The van der Waals surface area contributed by atoms with Gasteiger partial charge in [-0.05, 0) is 31.2 Å². The van der Waals surface area contributed by atoms with Gasteiger partial charge in [0.15, 0.2) is 11.5 Å². The predicted octanol–water partition coefficient (Wildman–Crippen LogP) is 3.09. The summed E-state index contributed by atoms with van der Waals surface area (Å²) in [5.74, 6) is 1.52. The Morgan fingerprint density at radius 1 is 1.17 bits per heavy atom. The van der Waals surface area contributed by atoms with Gasteiger partial charge in [-0.25, -0.2) is 0 Å². The Hall–Kier alpha value is -2.34. The molecule has 0 spiro atoms. The summed E-state index contributed by atoms with van der Waals surface area (Å²) in [5, 5.41) is 11.3. The van der Waals surface area contributed by atoms with Gasteiger partial charge in [0.25, 0.3) is 0 Å². The molecule has 1 N–H and O–H groups in total. The second kappa shape index (κ2) is 7.28. The van der Waals surface area contributed by atoms with Crippen molar-refractivity contribution in [3.8, 4) is 0 Å². The molecule has 0 bridgehead atoms. The van der Waals surface area contributed by atoms with E-state index < -0.39 is 0 Å². The molecular weight excluding hydrogens is 308 g/mol. The van der Waals surface area contributed by atoms with Crippen LogP contribution in [0.25, 0.3) is 5.65 Å². The SMILES string of the molecule is CC(NC(=O)CCSc1ccccc1)c1nnc2ccccn12. The van der Waals surface area contributed by atoms with Gasteiger partial charge in [-0.2, -0.15) is 0 Å². The highest BCUT2D eigenvalue weighted by Crippen LogP contribution is 2.18. The fraction of sp³-hybridized carbons (Fsp3) is 0.235. The summed E-state index contributed by atoms with van der Waals surface area (Å²) in [6.45, 7) is 1.92. The molecule has 1 amide bonds. The number of carbonyl (C=O) groups is 1. The zero-order chi connectivity index (χ0) is 16.1. The number of hydrogen-bond donors (Lipinski definition) is 1. The lowest BCUT2D eigenvalue weighted by Gasteiger charge is -2.12. The molecule has 0 aliphatic heterocycles. The van der Waals surface area contributed by atoms with E-state index in [1.54, 1.807) is 11.8 Å². The van der Waals surface area contributed by atoms with E-state index in [0.29, 0.717) is 6.42 Å². The molecule has 1 atom stereocenters. The van der Waals surface area contributed by atoms with Gasteiger partial charge in [0, 0.05) is 23.3 Å². The third-order valence-electron chi connectivity index (χ3n) is 3.45. The van der Waals surface area contributed by atoms with Crippen molar-refractivity contribution in [2.45, 2.75) is 24.3 Å². The van der Waals surface area contributed by atoms with Gasteiger partial charge >= 0.3 is 0 Å². The maximum absolute atomic E-state index is 12.1. The Morgan fingerprint density at radius 2 is 1.96 bits per heavy atom. The van der Waals surface area contributed by atoms with Crippen LogP contribution in [0.3, 0.4) is 0 Å². The Balaban J connectivity index is 1.53. The quantitative estimate of drug-likeness (QED) is 0.707. The summed E-state index contributed by atoms with van der Waals surface area (Å²) >= 11 is 1.68. The highest BCUT2D eigenvalue weighted by Gasteiger charge is 2.15. The molecule has 0 fully saturated rings. The van der Waals surface area contributed by atoms with Gasteiger partial charge in [0.05, 0.1) is 6.04 Å². The number of rotatable bonds is 6. The van der Waals surface area contributed by atoms with Crippen LogP contribution < -0.4 is 5.32 Å². The second-order valence-corrected chi connectivity index (χ2v) is 6.36. The van der Waals surface area contributed by atoms with Gasteiger partial charge in [-0.15, -0.1) is 22.0 Å². The van der Waals surface area contributed by atoms with Gasteiger partial charge in [-0.1, -0.05) is 24.3 Å². The number of nitrogens with zero attached hydrogens (tertiary/aromatic N) is 3. The minimum Gasteiger partial charge on any atom is -0.346 e. The molecule has 0 radical (unpaired) electrons. The van der Waals surface area contributed by atoms with Crippen LogP contribution in [0.2, 0.25) is 0 Å². The monoisotopic (exact) mass is 326 g/mol. The van der Waals surface area contributed by atoms with E-state index >= 15 is 0 Å². The topological polar surface area (TPSA) is 59.3 Å². The molecule has 23 heavy (non-hydrogen) atoms. The molecule has 118 valence electrons. The van der Waals surface area contributed by atoms with Crippen LogP contribution in [0.4, 0.5) is 0 Å². The maximum Gasteiger partial charge on any atom is 0.221 e. The molecule has 2 aromatic heterocycles. The molecule has 0 saturated heterocycles. The van der Waals surface area contributed by atoms with E-state index in [4.69, 9.17) is 0 Å². The van der Waals surface area contributed by atoms with Crippen LogP contribution in [-0.4, -0.2) is 26.3 Å². The van der Waals surface area contributed by atoms with E-state index in [1.807, 2.05) is 66.1 Å². The zero-order valence-electron chi connectivity index (χ0n) is 12.8. The molecule has 2 heterocycles. The minimum atomic E-state index is -0.179. The number of aromatic nitrogens is 3. The number of benzene rings is 1. The molecule has 1 aromatic carbocycles. The lowest BCUT2D eigenvalue weighted by Crippen LogP contribution is -2.28. The number of carbonyl (C=O) groups excluding carboxylic acids is 1. The summed E-state index contributed by atoms with van der Waals surface area (Å²) in [6.07, 6.45) is 2.37. The third-order valence-corrected chi connectivity index (χ3v) is 4.46. The van der Waals surface area contributed by atoms with Crippen LogP contribution in [0.1, 0.15) is 25.2 Å². The van der Waals surface area contributed by atoms with Gasteiger partial charge < -0.3 is 5.32 Å². The summed E-state index contributed by atoms with van der Waals surface area (Å²) in [4.78, 5) is 13.3. The normalized spacial score (nSPS) is 12.2. The van der Waals surface area contributed by atoms with Crippen LogP contribution in [0, 0.1) is 0 Å². The molecule has 0 saturated carbocycles. The highest BCUT2D eigenvalue weighted by atomic mass is 32.2.